The second-order valence-corrected chi connectivity index (χ2v) is 24.0. The van der Waals surface area contributed by atoms with Crippen molar-refractivity contribution in [3.63, 3.8) is 0 Å². The van der Waals surface area contributed by atoms with Crippen molar-refractivity contribution in [1.82, 2.24) is 0 Å². The van der Waals surface area contributed by atoms with E-state index in [0.29, 0.717) is 0 Å². The Labute approximate surface area is 218 Å². The first-order valence-corrected chi connectivity index (χ1v) is 19.6. The highest BCUT2D eigenvalue weighted by atomic mass is 32.2. The number of carbonyl (C=O) groups is 1. The van der Waals surface area contributed by atoms with Gasteiger partial charge in [-0.25, -0.2) is 8.42 Å². The molecule has 0 aromatic rings. The lowest BCUT2D eigenvalue weighted by Gasteiger charge is -2.42. The number of halogens is 3. The number of esters is 1. The molecule has 0 rings (SSSR count). The van der Waals surface area contributed by atoms with Crippen LogP contribution in [0.25, 0.3) is 0 Å². The van der Waals surface area contributed by atoms with Gasteiger partial charge in [-0.15, -0.1) is 6.58 Å². The second kappa shape index (κ2) is 12.4. The van der Waals surface area contributed by atoms with Crippen molar-refractivity contribution in [2.45, 2.75) is 127 Å². The molecule has 0 spiro atoms. The largest absolute Gasteiger partial charge is 0.497 e. The number of hydrogen-bond acceptors (Lipinski definition) is 6. The number of rotatable bonds is 13. The monoisotopic (exact) mass is 576 g/mol. The van der Waals surface area contributed by atoms with Crippen LogP contribution >= 0.6 is 0 Å². The van der Waals surface area contributed by atoms with Crippen LogP contribution in [0, 0.1) is 0 Å². The number of ether oxygens (including phenoxy) is 1. The van der Waals surface area contributed by atoms with Gasteiger partial charge in [0.05, 0.1) is 24.4 Å². The van der Waals surface area contributed by atoms with Gasteiger partial charge in [-0.3, -0.25) is 4.79 Å². The van der Waals surface area contributed by atoms with Crippen molar-refractivity contribution in [3.8, 4) is 0 Å². The molecule has 0 saturated heterocycles. The van der Waals surface area contributed by atoms with Gasteiger partial charge < -0.3 is 13.6 Å². The van der Waals surface area contributed by atoms with Crippen molar-refractivity contribution >= 4 is 32.4 Å². The quantitative estimate of drug-likeness (QED) is 0.134. The van der Waals surface area contributed by atoms with Crippen molar-refractivity contribution in [1.29, 1.82) is 0 Å². The fourth-order valence-corrected chi connectivity index (χ4v) is 6.88. The molecule has 3 unspecified atom stereocenters. The van der Waals surface area contributed by atoms with Crippen LogP contribution in [0.4, 0.5) is 13.2 Å². The standard InChI is InChI=1S/C24H47F3O6SSi2/c1-13-18(32-35(9,10)22(3,4)5)15-19(33-36(11,12)23(6,7)8)16-20(17-21(28)31-14-2)34(29,30)24(25,26)27/h13,18-20H,1,14-17H2,2-12H3. The summed E-state index contributed by atoms with van der Waals surface area (Å²) in [6, 6.07) is 0. The average Bonchev–Trinajstić information content (AvgIpc) is 2.63. The highest BCUT2D eigenvalue weighted by Gasteiger charge is 2.52. The Morgan fingerprint density at radius 1 is 0.917 bits per heavy atom. The van der Waals surface area contributed by atoms with E-state index < -0.39 is 68.2 Å². The van der Waals surface area contributed by atoms with Gasteiger partial charge in [0.25, 0.3) is 9.84 Å². The van der Waals surface area contributed by atoms with Crippen LogP contribution in [0.5, 0.6) is 0 Å². The van der Waals surface area contributed by atoms with Crippen LogP contribution in [-0.4, -0.2) is 60.6 Å². The maximum atomic E-state index is 13.6. The summed E-state index contributed by atoms with van der Waals surface area (Å²) < 4.78 is 83.4. The zero-order chi connectivity index (χ0) is 29.0. The Kier molecular flexibility index (Phi) is 12.2. The second-order valence-electron chi connectivity index (χ2n) is 12.2. The summed E-state index contributed by atoms with van der Waals surface area (Å²) in [4.78, 5) is 12.1. The summed E-state index contributed by atoms with van der Waals surface area (Å²) in [7, 11) is -10.5. The van der Waals surface area contributed by atoms with Gasteiger partial charge in [0.15, 0.2) is 16.6 Å². The zero-order valence-electron chi connectivity index (χ0n) is 23.8. The third-order valence-electron chi connectivity index (χ3n) is 7.26. The van der Waals surface area contributed by atoms with Gasteiger partial charge in [0.2, 0.25) is 0 Å². The molecular weight excluding hydrogens is 529 g/mol. The minimum Gasteiger partial charge on any atom is -0.466 e. The van der Waals surface area contributed by atoms with Crippen LogP contribution in [0.15, 0.2) is 12.7 Å². The SMILES string of the molecule is C=CC(CC(CC(CC(=O)OCC)S(=O)(=O)C(F)(F)F)O[Si](C)(C)C(C)(C)C)O[Si](C)(C)C(C)(C)C. The summed E-state index contributed by atoms with van der Waals surface area (Å²) in [5.41, 5.74) is -5.51. The highest BCUT2D eigenvalue weighted by Crippen LogP contribution is 2.41. The molecule has 214 valence electrons. The molecule has 0 aliphatic rings. The first-order chi connectivity index (χ1) is 15.8. The van der Waals surface area contributed by atoms with E-state index in [9.17, 15) is 26.4 Å². The van der Waals surface area contributed by atoms with E-state index in [2.05, 4.69) is 27.4 Å². The van der Waals surface area contributed by atoms with Crippen LogP contribution in [0.1, 0.15) is 67.7 Å². The Morgan fingerprint density at radius 2 is 1.36 bits per heavy atom. The zero-order valence-corrected chi connectivity index (χ0v) is 26.7. The van der Waals surface area contributed by atoms with Gasteiger partial charge in [0, 0.05) is 12.5 Å². The fourth-order valence-electron chi connectivity index (χ4n) is 3.00. The van der Waals surface area contributed by atoms with Gasteiger partial charge in [-0.2, -0.15) is 13.2 Å². The maximum Gasteiger partial charge on any atom is 0.497 e. The molecule has 0 aromatic heterocycles. The Morgan fingerprint density at radius 3 is 1.72 bits per heavy atom. The number of hydrogen-bond donors (Lipinski definition) is 0. The molecule has 12 heteroatoms. The van der Waals surface area contributed by atoms with Crippen LogP contribution in [0.2, 0.25) is 36.3 Å². The molecule has 0 saturated carbocycles. The van der Waals surface area contributed by atoms with Gasteiger partial charge >= 0.3 is 11.5 Å². The first-order valence-electron chi connectivity index (χ1n) is 12.3. The van der Waals surface area contributed by atoms with Gasteiger partial charge in [-0.1, -0.05) is 47.6 Å². The minimum atomic E-state index is -5.66. The van der Waals surface area contributed by atoms with Crippen molar-refractivity contribution < 1.29 is 40.0 Å². The van der Waals surface area contributed by atoms with Crippen LogP contribution < -0.4 is 0 Å². The predicted molar refractivity (Wildman–Crippen MR) is 144 cm³/mol. The molecule has 0 radical (unpaired) electrons. The Bertz CT molecular complexity index is 843. The van der Waals surface area contributed by atoms with Crippen molar-refractivity contribution in [3.05, 3.63) is 12.7 Å². The molecule has 0 fully saturated rings. The lowest BCUT2D eigenvalue weighted by Crippen LogP contribution is -2.48. The van der Waals surface area contributed by atoms with E-state index in [4.69, 9.17) is 13.6 Å². The summed E-state index contributed by atoms with van der Waals surface area (Å²) >= 11 is 0. The van der Waals surface area contributed by atoms with E-state index in [1.54, 1.807) is 6.08 Å². The summed E-state index contributed by atoms with van der Waals surface area (Å²) in [5.74, 6) is -1.00. The van der Waals surface area contributed by atoms with E-state index >= 15 is 0 Å². The normalized spacial score (nSPS) is 16.8. The number of sulfone groups is 1. The molecule has 0 aliphatic carbocycles. The van der Waals surface area contributed by atoms with Gasteiger partial charge in [0.1, 0.15) is 0 Å². The van der Waals surface area contributed by atoms with E-state index in [0.717, 1.165) is 0 Å². The Hall–Kier alpha value is -0.696. The van der Waals surface area contributed by atoms with Crippen molar-refractivity contribution in [2.75, 3.05) is 6.61 Å². The highest BCUT2D eigenvalue weighted by molar-refractivity contribution is 7.92. The molecule has 0 aromatic carbocycles. The van der Waals surface area contributed by atoms with E-state index in [1.165, 1.54) is 6.92 Å². The lowest BCUT2D eigenvalue weighted by atomic mass is 10.1. The van der Waals surface area contributed by atoms with E-state index in [-0.39, 0.29) is 23.1 Å². The Balaban J connectivity index is 6.41. The molecular formula is C24H47F3O6SSi2. The number of alkyl halides is 3. The smallest absolute Gasteiger partial charge is 0.466 e. The van der Waals surface area contributed by atoms with Crippen LogP contribution in [0.3, 0.4) is 0 Å². The van der Waals surface area contributed by atoms with Crippen molar-refractivity contribution in [2.24, 2.45) is 0 Å². The molecule has 6 nitrogen and oxygen atoms in total. The lowest BCUT2D eigenvalue weighted by molar-refractivity contribution is -0.143. The summed E-state index contributed by atoms with van der Waals surface area (Å²) in [5, 5.41) is -2.45. The summed E-state index contributed by atoms with van der Waals surface area (Å²) in [6.45, 7) is 25.4. The molecule has 0 bridgehead atoms. The molecule has 0 N–H and O–H groups in total. The van der Waals surface area contributed by atoms with Gasteiger partial charge in [-0.05, 0) is 49.6 Å². The fraction of sp³-hybridized carbons (Fsp3) is 0.875. The summed E-state index contributed by atoms with van der Waals surface area (Å²) in [6.07, 6.45) is -1.18. The molecule has 3 atom stereocenters. The molecule has 36 heavy (non-hydrogen) atoms. The molecule has 0 amide bonds. The average molecular weight is 577 g/mol. The molecule has 0 heterocycles. The maximum absolute atomic E-state index is 13.6. The topological polar surface area (TPSA) is 78.9 Å². The third kappa shape index (κ3) is 9.88. The number of carbonyl (C=O) groups excluding carboxylic acids is 1. The van der Waals surface area contributed by atoms with Crippen LogP contribution in [-0.2, 0) is 28.2 Å². The molecule has 0 aliphatic heterocycles. The predicted octanol–water partition coefficient (Wildman–Crippen LogP) is 6.99. The first kappa shape index (κ1) is 35.3. The minimum absolute atomic E-state index is 0.0690. The van der Waals surface area contributed by atoms with E-state index in [1.807, 2.05) is 47.0 Å². The third-order valence-corrected chi connectivity index (χ3v) is 18.2.